The van der Waals surface area contributed by atoms with Crippen LogP contribution in [0.15, 0.2) is 39.3 Å². The number of amides is 4. The van der Waals surface area contributed by atoms with Crippen molar-refractivity contribution in [1.82, 2.24) is 10.2 Å². The first-order valence-corrected chi connectivity index (χ1v) is 7.61. The highest BCUT2D eigenvalue weighted by Crippen LogP contribution is 2.33. The molecule has 1 fully saturated rings. The lowest BCUT2D eigenvalue weighted by molar-refractivity contribution is -0.129. The average Bonchev–Trinajstić information content (AvgIpc) is 2.44. The Morgan fingerprint density at radius 2 is 1.95 bits per heavy atom. The first-order chi connectivity index (χ1) is 10.3. The number of imide groups is 2. The standard InChI is InChI=1S/C14H10Br2N2O4/c1-2-3-18-13(21)9(12(20)17-14(18)22)5-7-4-8(15)6-10(16)11(7)19/h2,4-6,19H,1,3H2,(H,17,20,22). The summed E-state index contributed by atoms with van der Waals surface area (Å²) in [5.41, 5.74) is 0.00871. The molecular weight excluding hydrogens is 420 g/mol. The lowest BCUT2D eigenvalue weighted by Crippen LogP contribution is -2.54. The number of carbonyl (C=O) groups excluding carboxylic acids is 3. The second-order valence-corrected chi connectivity index (χ2v) is 6.12. The maximum Gasteiger partial charge on any atom is 0.331 e. The number of benzene rings is 1. The smallest absolute Gasteiger partial charge is 0.331 e. The van der Waals surface area contributed by atoms with Crippen LogP contribution in [-0.4, -0.2) is 34.4 Å². The Balaban J connectivity index is 2.50. The third kappa shape index (κ3) is 3.12. The van der Waals surface area contributed by atoms with Gasteiger partial charge in [0.1, 0.15) is 11.3 Å². The van der Waals surface area contributed by atoms with E-state index in [0.29, 0.717) is 8.95 Å². The zero-order chi connectivity index (χ0) is 16.4. The minimum atomic E-state index is -0.814. The van der Waals surface area contributed by atoms with Gasteiger partial charge >= 0.3 is 6.03 Å². The molecule has 1 aromatic carbocycles. The maximum atomic E-state index is 12.2. The predicted octanol–water partition coefficient (Wildman–Crippen LogP) is 2.57. The number of aromatic hydroxyl groups is 1. The van der Waals surface area contributed by atoms with Crippen LogP contribution in [-0.2, 0) is 9.59 Å². The van der Waals surface area contributed by atoms with E-state index in [9.17, 15) is 19.5 Å². The van der Waals surface area contributed by atoms with Gasteiger partial charge in [0.2, 0.25) is 0 Å². The van der Waals surface area contributed by atoms with E-state index in [1.165, 1.54) is 12.2 Å². The van der Waals surface area contributed by atoms with Crippen molar-refractivity contribution in [1.29, 1.82) is 0 Å². The number of urea groups is 1. The highest BCUT2D eigenvalue weighted by Gasteiger charge is 2.35. The number of hydrogen-bond acceptors (Lipinski definition) is 4. The zero-order valence-electron chi connectivity index (χ0n) is 11.1. The van der Waals surface area contributed by atoms with Gasteiger partial charge in [0, 0.05) is 16.6 Å². The van der Waals surface area contributed by atoms with Gasteiger partial charge in [-0.2, -0.15) is 0 Å². The SMILES string of the molecule is C=CCN1C(=O)NC(=O)C(=Cc2cc(Br)cc(Br)c2O)C1=O. The molecule has 1 aliphatic rings. The summed E-state index contributed by atoms with van der Waals surface area (Å²) in [6, 6.07) is 2.36. The Labute approximate surface area is 142 Å². The molecule has 2 rings (SSSR count). The van der Waals surface area contributed by atoms with Crippen molar-refractivity contribution in [2.75, 3.05) is 6.54 Å². The lowest BCUT2D eigenvalue weighted by Gasteiger charge is -2.25. The van der Waals surface area contributed by atoms with Crippen molar-refractivity contribution in [3.05, 3.63) is 44.9 Å². The van der Waals surface area contributed by atoms with E-state index in [0.717, 1.165) is 4.90 Å². The molecule has 0 aliphatic carbocycles. The van der Waals surface area contributed by atoms with Crippen LogP contribution < -0.4 is 5.32 Å². The van der Waals surface area contributed by atoms with Crippen LogP contribution >= 0.6 is 31.9 Å². The molecule has 8 heteroatoms. The van der Waals surface area contributed by atoms with Crippen molar-refractivity contribution in [2.45, 2.75) is 0 Å². The largest absolute Gasteiger partial charge is 0.506 e. The summed E-state index contributed by atoms with van der Waals surface area (Å²) in [5, 5.41) is 12.1. The molecular formula is C14H10Br2N2O4. The Kier molecular flexibility index (Phi) is 4.82. The number of phenolic OH excluding ortho intramolecular Hbond substituents is 1. The van der Waals surface area contributed by atoms with Gasteiger partial charge in [0.05, 0.1) is 4.47 Å². The summed E-state index contributed by atoms with van der Waals surface area (Å²) in [6.07, 6.45) is 2.60. The highest BCUT2D eigenvalue weighted by atomic mass is 79.9. The molecule has 6 nitrogen and oxygen atoms in total. The summed E-state index contributed by atoms with van der Waals surface area (Å²) in [4.78, 5) is 36.6. The van der Waals surface area contributed by atoms with Crippen LogP contribution in [0.2, 0.25) is 0 Å². The van der Waals surface area contributed by atoms with E-state index < -0.39 is 17.8 Å². The molecule has 0 saturated carbocycles. The van der Waals surface area contributed by atoms with E-state index in [2.05, 4.69) is 43.8 Å². The monoisotopic (exact) mass is 428 g/mol. The first kappa shape index (κ1) is 16.4. The third-order valence-electron chi connectivity index (χ3n) is 2.85. The Bertz CT molecular complexity index is 728. The van der Waals surface area contributed by atoms with Crippen LogP contribution in [0, 0.1) is 0 Å². The minimum Gasteiger partial charge on any atom is -0.506 e. The molecule has 22 heavy (non-hydrogen) atoms. The van der Waals surface area contributed by atoms with E-state index in [1.54, 1.807) is 12.1 Å². The van der Waals surface area contributed by atoms with Crippen LogP contribution in [0.4, 0.5) is 4.79 Å². The van der Waals surface area contributed by atoms with Gasteiger partial charge in [-0.3, -0.25) is 19.8 Å². The molecule has 114 valence electrons. The van der Waals surface area contributed by atoms with Gasteiger partial charge in [-0.1, -0.05) is 22.0 Å². The fourth-order valence-corrected chi connectivity index (χ4v) is 3.10. The van der Waals surface area contributed by atoms with Gasteiger partial charge in [0.25, 0.3) is 11.8 Å². The van der Waals surface area contributed by atoms with Gasteiger partial charge in [0.15, 0.2) is 0 Å². The van der Waals surface area contributed by atoms with Crippen molar-refractivity contribution >= 4 is 55.8 Å². The number of nitrogens with one attached hydrogen (secondary N) is 1. The Morgan fingerprint density at radius 1 is 1.27 bits per heavy atom. The van der Waals surface area contributed by atoms with Crippen molar-refractivity contribution in [2.24, 2.45) is 0 Å². The highest BCUT2D eigenvalue weighted by molar-refractivity contribution is 9.11. The molecule has 1 aromatic rings. The molecule has 0 bridgehead atoms. The molecule has 1 aliphatic heterocycles. The van der Waals surface area contributed by atoms with Crippen molar-refractivity contribution in [3.8, 4) is 5.75 Å². The summed E-state index contributed by atoms with van der Waals surface area (Å²) < 4.78 is 1.04. The second-order valence-electron chi connectivity index (χ2n) is 4.35. The number of carbonyl (C=O) groups is 3. The Hall–Kier alpha value is -1.93. The summed E-state index contributed by atoms with van der Waals surface area (Å²) in [6.45, 7) is 3.43. The number of barbiturate groups is 1. The van der Waals surface area contributed by atoms with Gasteiger partial charge in [-0.15, -0.1) is 6.58 Å². The molecule has 1 heterocycles. The van der Waals surface area contributed by atoms with E-state index in [1.807, 2.05) is 0 Å². The number of hydrogen-bond donors (Lipinski definition) is 2. The summed E-state index contributed by atoms with van der Waals surface area (Å²) in [7, 11) is 0. The maximum absolute atomic E-state index is 12.2. The molecule has 0 aromatic heterocycles. The van der Waals surface area contributed by atoms with E-state index >= 15 is 0 Å². The number of nitrogens with zero attached hydrogens (tertiary/aromatic N) is 1. The predicted molar refractivity (Wildman–Crippen MR) is 86.9 cm³/mol. The lowest BCUT2D eigenvalue weighted by atomic mass is 10.1. The Morgan fingerprint density at radius 3 is 2.59 bits per heavy atom. The summed E-state index contributed by atoms with van der Waals surface area (Å²) in [5.74, 6) is -1.68. The molecule has 0 radical (unpaired) electrons. The van der Waals surface area contributed by atoms with Gasteiger partial charge in [-0.25, -0.2) is 4.79 Å². The fraction of sp³-hybridized carbons (Fsp3) is 0.0714. The van der Waals surface area contributed by atoms with Crippen LogP contribution in [0.25, 0.3) is 6.08 Å². The quantitative estimate of drug-likeness (QED) is 0.439. The van der Waals surface area contributed by atoms with Crippen LogP contribution in [0.3, 0.4) is 0 Å². The fourth-order valence-electron chi connectivity index (χ4n) is 1.84. The van der Waals surface area contributed by atoms with Crippen molar-refractivity contribution in [3.63, 3.8) is 0 Å². The average molecular weight is 430 g/mol. The van der Waals surface area contributed by atoms with Crippen LogP contribution in [0.5, 0.6) is 5.75 Å². The number of rotatable bonds is 3. The van der Waals surface area contributed by atoms with Gasteiger partial charge in [-0.05, 0) is 34.1 Å². The van der Waals surface area contributed by atoms with Crippen molar-refractivity contribution < 1.29 is 19.5 Å². The molecule has 0 unspecified atom stereocenters. The van der Waals surface area contributed by atoms with Crippen LogP contribution in [0.1, 0.15) is 5.56 Å². The normalized spacial score (nSPS) is 16.9. The van der Waals surface area contributed by atoms with E-state index in [-0.39, 0.29) is 23.4 Å². The molecule has 0 atom stereocenters. The molecule has 0 spiro atoms. The third-order valence-corrected chi connectivity index (χ3v) is 3.92. The second kappa shape index (κ2) is 6.45. The first-order valence-electron chi connectivity index (χ1n) is 6.03. The number of phenols is 1. The topological polar surface area (TPSA) is 86.7 Å². The molecule has 4 amide bonds. The van der Waals surface area contributed by atoms with Gasteiger partial charge < -0.3 is 5.11 Å². The molecule has 1 saturated heterocycles. The minimum absolute atomic E-state index is 0.0244. The number of halogens is 2. The molecule has 2 N–H and O–H groups in total. The summed E-state index contributed by atoms with van der Waals surface area (Å²) >= 11 is 6.42. The zero-order valence-corrected chi connectivity index (χ0v) is 14.3. The van der Waals surface area contributed by atoms with E-state index in [4.69, 9.17) is 0 Å².